The number of carboxylic acid groups (broad SMARTS) is 1. The second-order valence-corrected chi connectivity index (χ2v) is 18.3. The van der Waals surface area contributed by atoms with Crippen LogP contribution >= 0.6 is 7.26 Å². The van der Waals surface area contributed by atoms with Gasteiger partial charge in [-0.25, -0.2) is 0 Å². The molecular weight excluding hydrogens is 519 g/mol. The fraction of sp³-hybridized carbons (Fsp3) is 0.974. The zero-order valence-corrected chi connectivity index (χ0v) is 30.7. The first-order valence-electron chi connectivity index (χ1n) is 18.8. The van der Waals surface area contributed by atoms with E-state index in [1.54, 1.807) is 64.2 Å². The molecule has 0 aliphatic carbocycles. The van der Waals surface area contributed by atoms with Gasteiger partial charge in [-0.3, -0.25) is 0 Å². The zero-order valence-electron chi connectivity index (χ0n) is 29.8. The topological polar surface area (TPSA) is 40.1 Å². The van der Waals surface area contributed by atoms with Crippen molar-refractivity contribution < 1.29 is 9.90 Å². The van der Waals surface area contributed by atoms with Crippen molar-refractivity contribution in [1.29, 1.82) is 0 Å². The first kappa shape index (κ1) is 43.0. The standard InChI is InChI=1S/C32H68P.C6H12O2/c1-5-9-13-17-18-19-20-21-22-23-24-28-32-33(29-25-14-10-6-2,30-26-15-11-7-3)31-27-16-12-8-4;1-4-6(2,3)5(7)8/h5-32H2,1-4H3;4H2,1-3H3,(H,7,8)/q+1;/p-1. The summed E-state index contributed by atoms with van der Waals surface area (Å²) in [7, 11) is -0.697. The Morgan fingerprint density at radius 3 is 0.854 bits per heavy atom. The van der Waals surface area contributed by atoms with E-state index in [0.717, 1.165) is 0 Å². The van der Waals surface area contributed by atoms with Crippen molar-refractivity contribution in [2.24, 2.45) is 5.41 Å². The largest absolute Gasteiger partial charge is 0.550 e. The Kier molecular flexibility index (Phi) is 32.9. The van der Waals surface area contributed by atoms with Gasteiger partial charge in [0.1, 0.15) is 0 Å². The minimum absolute atomic E-state index is 0.620. The van der Waals surface area contributed by atoms with Crippen molar-refractivity contribution in [3.63, 3.8) is 0 Å². The molecule has 2 nitrogen and oxygen atoms in total. The van der Waals surface area contributed by atoms with Crippen LogP contribution in [-0.4, -0.2) is 30.6 Å². The molecule has 41 heavy (non-hydrogen) atoms. The van der Waals surface area contributed by atoms with Crippen molar-refractivity contribution >= 4 is 13.2 Å². The van der Waals surface area contributed by atoms with Crippen LogP contribution in [0, 0.1) is 5.41 Å². The van der Waals surface area contributed by atoms with E-state index >= 15 is 0 Å². The van der Waals surface area contributed by atoms with E-state index < -0.39 is 18.6 Å². The van der Waals surface area contributed by atoms with Crippen molar-refractivity contribution in [2.45, 2.75) is 209 Å². The van der Waals surface area contributed by atoms with Crippen molar-refractivity contribution in [3.05, 3.63) is 0 Å². The third-order valence-electron chi connectivity index (χ3n) is 9.38. The molecule has 0 aromatic carbocycles. The van der Waals surface area contributed by atoms with Crippen LogP contribution in [0.15, 0.2) is 0 Å². The molecule has 3 heteroatoms. The molecule has 0 spiro atoms. The highest BCUT2D eigenvalue weighted by Crippen LogP contribution is 2.61. The Balaban J connectivity index is 0. The predicted molar refractivity (Wildman–Crippen MR) is 189 cm³/mol. The van der Waals surface area contributed by atoms with Gasteiger partial charge in [0.25, 0.3) is 0 Å². The normalized spacial score (nSPS) is 11.9. The summed E-state index contributed by atoms with van der Waals surface area (Å²) in [5, 5.41) is 10.1. The Morgan fingerprint density at radius 1 is 0.439 bits per heavy atom. The minimum Gasteiger partial charge on any atom is -0.550 e. The smallest absolute Gasteiger partial charge is 0.0594 e. The first-order valence-corrected chi connectivity index (χ1v) is 21.3. The third-order valence-corrected chi connectivity index (χ3v) is 14.4. The Labute approximate surface area is 261 Å². The number of unbranched alkanes of at least 4 members (excludes halogenated alkanes) is 20. The molecule has 0 aliphatic rings. The van der Waals surface area contributed by atoms with Crippen LogP contribution in [0.1, 0.15) is 209 Å². The number of carbonyl (C=O) groups is 1. The van der Waals surface area contributed by atoms with Crippen LogP contribution in [0.5, 0.6) is 0 Å². The molecule has 0 radical (unpaired) electrons. The van der Waals surface area contributed by atoms with Gasteiger partial charge in [-0.1, -0.05) is 151 Å². The number of hydrogen-bond acceptors (Lipinski definition) is 2. The molecule has 0 N–H and O–H groups in total. The summed E-state index contributed by atoms with van der Waals surface area (Å²) >= 11 is 0. The molecule has 0 bridgehead atoms. The van der Waals surface area contributed by atoms with E-state index in [1.165, 1.54) is 128 Å². The monoisotopic (exact) mass is 599 g/mol. The molecule has 0 aromatic heterocycles. The van der Waals surface area contributed by atoms with Crippen LogP contribution in [0.2, 0.25) is 0 Å². The van der Waals surface area contributed by atoms with Crippen molar-refractivity contribution in [3.8, 4) is 0 Å². The van der Waals surface area contributed by atoms with E-state index in [4.69, 9.17) is 0 Å². The fourth-order valence-corrected chi connectivity index (χ4v) is 10.6. The molecular formula is C38H79O2P. The molecule has 0 rings (SSSR count). The third kappa shape index (κ3) is 28.4. The number of hydrogen-bond donors (Lipinski definition) is 0. The zero-order chi connectivity index (χ0) is 31.1. The maximum Gasteiger partial charge on any atom is 0.0594 e. The first-order chi connectivity index (χ1) is 19.7. The molecule has 0 atom stereocenters. The van der Waals surface area contributed by atoms with Crippen LogP contribution in [0.4, 0.5) is 0 Å². The number of carbonyl (C=O) groups excluding carboxylic acids is 1. The molecule has 0 fully saturated rings. The Hall–Kier alpha value is -0.100. The summed E-state index contributed by atoms with van der Waals surface area (Å²) in [6, 6.07) is 0. The van der Waals surface area contributed by atoms with Gasteiger partial charge in [-0.2, -0.15) is 0 Å². The molecule has 0 saturated heterocycles. The lowest BCUT2D eigenvalue weighted by molar-refractivity contribution is -0.317. The van der Waals surface area contributed by atoms with Crippen LogP contribution in [-0.2, 0) is 4.79 Å². The highest BCUT2D eigenvalue weighted by molar-refractivity contribution is 7.75. The molecule has 0 aliphatic heterocycles. The fourth-order valence-electron chi connectivity index (χ4n) is 5.73. The number of carboxylic acids is 1. The maximum absolute atomic E-state index is 10.1. The molecule has 0 unspecified atom stereocenters. The van der Waals surface area contributed by atoms with E-state index in [2.05, 4.69) is 27.7 Å². The lowest BCUT2D eigenvalue weighted by atomic mass is 9.91. The molecule has 0 saturated carbocycles. The van der Waals surface area contributed by atoms with Gasteiger partial charge in [0, 0.05) is 18.6 Å². The summed E-state index contributed by atoms with van der Waals surface area (Å²) in [6.45, 7) is 14.6. The van der Waals surface area contributed by atoms with Gasteiger partial charge in [0.2, 0.25) is 0 Å². The summed E-state index contributed by atoms with van der Waals surface area (Å²) < 4.78 is 0. The van der Waals surface area contributed by atoms with E-state index in [1.807, 2.05) is 6.92 Å². The number of rotatable bonds is 30. The second-order valence-electron chi connectivity index (χ2n) is 13.8. The van der Waals surface area contributed by atoms with E-state index in [0.29, 0.717) is 6.42 Å². The van der Waals surface area contributed by atoms with Gasteiger partial charge in [-0.05, 0) is 57.8 Å². The molecule has 0 amide bonds. The van der Waals surface area contributed by atoms with Gasteiger partial charge < -0.3 is 9.90 Å². The Bertz CT molecular complexity index is 499. The second kappa shape index (κ2) is 31.3. The average Bonchev–Trinajstić information content (AvgIpc) is 2.96. The minimum atomic E-state index is -0.972. The lowest BCUT2D eigenvalue weighted by Crippen LogP contribution is -2.37. The molecule has 0 aromatic rings. The van der Waals surface area contributed by atoms with E-state index in [-0.39, 0.29) is 0 Å². The maximum atomic E-state index is 10.1. The molecule has 248 valence electrons. The van der Waals surface area contributed by atoms with Crippen LogP contribution < -0.4 is 5.11 Å². The lowest BCUT2D eigenvalue weighted by Gasteiger charge is -2.28. The van der Waals surface area contributed by atoms with Crippen molar-refractivity contribution in [2.75, 3.05) is 24.6 Å². The van der Waals surface area contributed by atoms with Crippen molar-refractivity contribution in [1.82, 2.24) is 0 Å². The Morgan fingerprint density at radius 2 is 0.659 bits per heavy atom. The van der Waals surface area contributed by atoms with Crippen LogP contribution in [0.3, 0.4) is 0 Å². The van der Waals surface area contributed by atoms with E-state index in [9.17, 15) is 9.90 Å². The molecule has 0 heterocycles. The van der Waals surface area contributed by atoms with Gasteiger partial charge in [-0.15, -0.1) is 0 Å². The number of aliphatic carboxylic acids is 1. The predicted octanol–water partition coefficient (Wildman–Crippen LogP) is 12.6. The highest BCUT2D eigenvalue weighted by atomic mass is 31.2. The quantitative estimate of drug-likeness (QED) is 0.0609. The summed E-state index contributed by atoms with van der Waals surface area (Å²) in [6.07, 6.45) is 42.7. The van der Waals surface area contributed by atoms with Crippen LogP contribution in [0.25, 0.3) is 0 Å². The van der Waals surface area contributed by atoms with Gasteiger partial charge >= 0.3 is 0 Å². The average molecular weight is 599 g/mol. The summed E-state index contributed by atoms with van der Waals surface area (Å²) in [5.41, 5.74) is -0.653. The summed E-state index contributed by atoms with van der Waals surface area (Å²) in [4.78, 5) is 10.1. The SMILES string of the molecule is CCC(C)(C)C(=O)[O-].CCCCCCCCCCCCCC[P+](CCCCCC)(CCCCCC)CCCCCC. The summed E-state index contributed by atoms with van der Waals surface area (Å²) in [5.74, 6) is -0.972. The van der Waals surface area contributed by atoms with Gasteiger partial charge in [0.15, 0.2) is 0 Å². The highest BCUT2D eigenvalue weighted by Gasteiger charge is 2.34. The van der Waals surface area contributed by atoms with Gasteiger partial charge in [0.05, 0.1) is 24.6 Å².